The van der Waals surface area contributed by atoms with Crippen molar-refractivity contribution in [2.24, 2.45) is 0 Å². The lowest BCUT2D eigenvalue weighted by molar-refractivity contribution is 0.174. The van der Waals surface area contributed by atoms with Gasteiger partial charge in [0, 0.05) is 28.7 Å². The summed E-state index contributed by atoms with van der Waals surface area (Å²) in [6.45, 7) is 3.26. The molecular formula is C14H15Cl2NOS. The maximum Gasteiger partial charge on any atom is 0.0929 e. The second-order valence-electron chi connectivity index (χ2n) is 4.39. The lowest BCUT2D eigenvalue weighted by Crippen LogP contribution is -2.21. The van der Waals surface area contributed by atoms with E-state index >= 15 is 0 Å². The zero-order valence-corrected chi connectivity index (χ0v) is 12.8. The van der Waals surface area contributed by atoms with Gasteiger partial charge in [0.1, 0.15) is 0 Å². The molecule has 2 aromatic rings. The molecule has 1 atom stereocenters. The first kappa shape index (κ1) is 14.8. The van der Waals surface area contributed by atoms with Gasteiger partial charge in [-0.25, -0.2) is 0 Å². The number of halogens is 2. The molecule has 0 bridgehead atoms. The summed E-state index contributed by atoms with van der Waals surface area (Å²) in [6.07, 6.45) is -0.662. The van der Waals surface area contributed by atoms with Crippen molar-refractivity contribution in [3.63, 3.8) is 0 Å². The predicted octanol–water partition coefficient (Wildman–Crippen LogP) is 4.19. The summed E-state index contributed by atoms with van der Waals surface area (Å²) >= 11 is 13.6. The maximum atomic E-state index is 10.1. The van der Waals surface area contributed by atoms with Crippen molar-refractivity contribution < 1.29 is 5.11 Å². The highest BCUT2D eigenvalue weighted by Gasteiger charge is 2.12. The predicted molar refractivity (Wildman–Crippen MR) is 82.2 cm³/mol. The third kappa shape index (κ3) is 3.94. The fourth-order valence-corrected chi connectivity index (χ4v) is 3.07. The van der Waals surface area contributed by atoms with Gasteiger partial charge in [0.15, 0.2) is 0 Å². The average Bonchev–Trinajstić information content (AvgIpc) is 2.78. The van der Waals surface area contributed by atoms with E-state index in [1.165, 1.54) is 11.1 Å². The minimum absolute atomic E-state index is 0.440. The van der Waals surface area contributed by atoms with E-state index in [2.05, 4.69) is 23.0 Å². The molecule has 0 aliphatic rings. The SMILES string of the molecule is Cc1cscc1CNCC(O)c1cc(Cl)ccc1Cl. The van der Waals surface area contributed by atoms with Gasteiger partial charge in [-0.05, 0) is 47.0 Å². The Morgan fingerprint density at radius 2 is 2.11 bits per heavy atom. The van der Waals surface area contributed by atoms with Crippen LogP contribution in [0.3, 0.4) is 0 Å². The molecule has 1 heterocycles. The Kier molecular flexibility index (Phi) is 5.25. The summed E-state index contributed by atoms with van der Waals surface area (Å²) in [4.78, 5) is 0. The second-order valence-corrected chi connectivity index (χ2v) is 5.98. The molecule has 1 unspecified atom stereocenters. The van der Waals surface area contributed by atoms with Gasteiger partial charge in [0.2, 0.25) is 0 Å². The number of nitrogens with one attached hydrogen (secondary N) is 1. The van der Waals surface area contributed by atoms with Crippen molar-refractivity contribution in [3.8, 4) is 0 Å². The van der Waals surface area contributed by atoms with Gasteiger partial charge < -0.3 is 10.4 Å². The molecule has 19 heavy (non-hydrogen) atoms. The largest absolute Gasteiger partial charge is 0.387 e. The summed E-state index contributed by atoms with van der Waals surface area (Å²) in [6, 6.07) is 5.11. The minimum Gasteiger partial charge on any atom is -0.387 e. The monoisotopic (exact) mass is 315 g/mol. The minimum atomic E-state index is -0.662. The Labute approximate surface area is 127 Å². The van der Waals surface area contributed by atoms with Crippen molar-refractivity contribution in [2.75, 3.05) is 6.54 Å². The van der Waals surface area contributed by atoms with E-state index in [-0.39, 0.29) is 0 Å². The van der Waals surface area contributed by atoms with E-state index in [1.807, 2.05) is 0 Å². The molecule has 0 saturated carbocycles. The zero-order chi connectivity index (χ0) is 13.8. The molecule has 2 nitrogen and oxygen atoms in total. The van der Waals surface area contributed by atoms with Crippen LogP contribution in [-0.4, -0.2) is 11.7 Å². The van der Waals surface area contributed by atoms with Crippen molar-refractivity contribution in [2.45, 2.75) is 19.6 Å². The van der Waals surface area contributed by atoms with Crippen LogP contribution in [0.25, 0.3) is 0 Å². The summed E-state index contributed by atoms with van der Waals surface area (Å²) < 4.78 is 0. The highest BCUT2D eigenvalue weighted by molar-refractivity contribution is 7.08. The molecule has 0 fully saturated rings. The molecule has 0 spiro atoms. The van der Waals surface area contributed by atoms with E-state index in [0.717, 1.165) is 6.54 Å². The third-order valence-corrected chi connectivity index (χ3v) is 4.42. The molecule has 0 aliphatic carbocycles. The summed E-state index contributed by atoms with van der Waals surface area (Å²) in [7, 11) is 0. The van der Waals surface area contributed by atoms with Crippen LogP contribution in [0, 0.1) is 6.92 Å². The number of rotatable bonds is 5. The lowest BCUT2D eigenvalue weighted by Gasteiger charge is -2.14. The van der Waals surface area contributed by atoms with Crippen molar-refractivity contribution in [3.05, 3.63) is 55.7 Å². The molecule has 2 N–H and O–H groups in total. The summed E-state index contributed by atoms with van der Waals surface area (Å²) in [5.74, 6) is 0. The van der Waals surface area contributed by atoms with Crippen molar-refractivity contribution in [1.29, 1.82) is 0 Å². The van der Waals surface area contributed by atoms with Gasteiger partial charge >= 0.3 is 0 Å². The topological polar surface area (TPSA) is 32.3 Å². The first-order valence-electron chi connectivity index (χ1n) is 5.93. The molecule has 102 valence electrons. The summed E-state index contributed by atoms with van der Waals surface area (Å²) in [5, 5.41) is 18.7. The van der Waals surface area contributed by atoms with Crippen LogP contribution >= 0.6 is 34.5 Å². The van der Waals surface area contributed by atoms with E-state index < -0.39 is 6.10 Å². The molecule has 0 saturated heterocycles. The first-order chi connectivity index (χ1) is 9.08. The van der Waals surface area contributed by atoms with Gasteiger partial charge in [-0.15, -0.1) is 0 Å². The van der Waals surface area contributed by atoms with Gasteiger partial charge in [-0.3, -0.25) is 0 Å². The van der Waals surface area contributed by atoms with Crippen molar-refractivity contribution in [1.82, 2.24) is 5.32 Å². The van der Waals surface area contributed by atoms with Crippen LogP contribution in [-0.2, 0) is 6.54 Å². The zero-order valence-electron chi connectivity index (χ0n) is 10.5. The smallest absolute Gasteiger partial charge is 0.0929 e. The number of hydrogen-bond donors (Lipinski definition) is 2. The van der Waals surface area contributed by atoms with E-state index in [0.29, 0.717) is 22.2 Å². The molecular weight excluding hydrogens is 301 g/mol. The Morgan fingerprint density at radius 1 is 1.32 bits per heavy atom. The molecule has 0 amide bonds. The highest BCUT2D eigenvalue weighted by Crippen LogP contribution is 2.26. The number of aliphatic hydroxyl groups is 1. The van der Waals surface area contributed by atoms with E-state index in [9.17, 15) is 5.11 Å². The fourth-order valence-electron chi connectivity index (χ4n) is 1.79. The van der Waals surface area contributed by atoms with Crippen molar-refractivity contribution >= 4 is 34.5 Å². The Bertz CT molecular complexity index is 556. The van der Waals surface area contributed by atoms with Crippen LogP contribution in [0.15, 0.2) is 29.0 Å². The van der Waals surface area contributed by atoms with Gasteiger partial charge in [-0.1, -0.05) is 23.2 Å². The molecule has 2 rings (SSSR count). The molecule has 1 aromatic heterocycles. The number of benzene rings is 1. The van der Waals surface area contributed by atoms with Crippen LogP contribution in [0.1, 0.15) is 22.8 Å². The number of aryl methyl sites for hydroxylation is 1. The van der Waals surface area contributed by atoms with Crippen LogP contribution in [0.2, 0.25) is 10.0 Å². The Hall–Kier alpha value is -0.580. The molecule has 1 aromatic carbocycles. The normalized spacial score (nSPS) is 12.6. The van der Waals surface area contributed by atoms with Crippen LogP contribution in [0.5, 0.6) is 0 Å². The van der Waals surface area contributed by atoms with Gasteiger partial charge in [0.05, 0.1) is 6.10 Å². The third-order valence-electron chi connectivity index (χ3n) is 2.93. The molecule has 0 aliphatic heterocycles. The maximum absolute atomic E-state index is 10.1. The fraction of sp³-hybridized carbons (Fsp3) is 0.286. The highest BCUT2D eigenvalue weighted by atomic mass is 35.5. The second kappa shape index (κ2) is 6.73. The average molecular weight is 316 g/mol. The first-order valence-corrected chi connectivity index (χ1v) is 7.63. The number of hydrogen-bond acceptors (Lipinski definition) is 3. The standard InChI is InChI=1S/C14H15Cl2NOS/c1-9-7-19-8-10(9)5-17-6-14(18)12-4-11(15)2-3-13(12)16/h2-4,7-8,14,17-18H,5-6H2,1H3. The summed E-state index contributed by atoms with van der Waals surface area (Å²) in [5.41, 5.74) is 3.19. The van der Waals surface area contributed by atoms with Crippen LogP contribution in [0.4, 0.5) is 0 Å². The van der Waals surface area contributed by atoms with E-state index in [4.69, 9.17) is 23.2 Å². The number of aliphatic hydroxyl groups excluding tert-OH is 1. The van der Waals surface area contributed by atoms with Gasteiger partial charge in [0.25, 0.3) is 0 Å². The molecule has 5 heteroatoms. The number of thiophene rings is 1. The van der Waals surface area contributed by atoms with Crippen LogP contribution < -0.4 is 5.32 Å². The quantitative estimate of drug-likeness (QED) is 0.867. The molecule has 0 radical (unpaired) electrons. The van der Waals surface area contributed by atoms with Gasteiger partial charge in [-0.2, -0.15) is 11.3 Å². The van der Waals surface area contributed by atoms with E-state index in [1.54, 1.807) is 29.5 Å². The Morgan fingerprint density at radius 3 is 2.79 bits per heavy atom. The Balaban J connectivity index is 1.92. The lowest BCUT2D eigenvalue weighted by atomic mass is 10.1.